The minimum absolute atomic E-state index is 0.153. The molecule has 30 heavy (non-hydrogen) atoms. The van der Waals surface area contributed by atoms with E-state index in [2.05, 4.69) is 56.0 Å². The number of hydrogen-bond acceptors (Lipinski definition) is 4. The number of aliphatic hydroxyl groups is 1. The van der Waals surface area contributed by atoms with Crippen molar-refractivity contribution in [3.8, 4) is 16.9 Å². The Morgan fingerprint density at radius 2 is 1.80 bits per heavy atom. The molecule has 1 N–H and O–H groups in total. The fourth-order valence-corrected chi connectivity index (χ4v) is 3.53. The number of fused-ring (bicyclic) bond motifs is 1. The van der Waals surface area contributed by atoms with Crippen molar-refractivity contribution in [2.75, 3.05) is 19.8 Å². The molecule has 0 bridgehead atoms. The van der Waals surface area contributed by atoms with Gasteiger partial charge in [0.25, 0.3) is 0 Å². The summed E-state index contributed by atoms with van der Waals surface area (Å²) < 4.78 is 11.1. The molecule has 3 aromatic rings. The van der Waals surface area contributed by atoms with Crippen LogP contribution in [0.25, 0.3) is 21.9 Å². The third-order valence-corrected chi connectivity index (χ3v) is 5.06. The van der Waals surface area contributed by atoms with E-state index in [1.165, 1.54) is 16.3 Å². The van der Waals surface area contributed by atoms with Crippen LogP contribution in [0.15, 0.2) is 67.3 Å². The highest BCUT2D eigenvalue weighted by Crippen LogP contribution is 2.36. The predicted octanol–water partition coefficient (Wildman–Crippen LogP) is 5.10. The summed E-state index contributed by atoms with van der Waals surface area (Å²) in [6.45, 7) is 6.12. The zero-order chi connectivity index (χ0) is 21.3. The maximum atomic E-state index is 11.3. The van der Waals surface area contributed by atoms with Crippen molar-refractivity contribution in [1.82, 2.24) is 0 Å². The van der Waals surface area contributed by atoms with E-state index in [0.29, 0.717) is 6.42 Å². The lowest BCUT2D eigenvalue weighted by molar-refractivity contribution is -0.138. The Balaban J connectivity index is 1.96. The van der Waals surface area contributed by atoms with Crippen LogP contribution in [0.5, 0.6) is 5.75 Å². The normalized spacial score (nSPS) is 10.7. The molecule has 0 atom stereocenters. The molecule has 0 heterocycles. The molecule has 0 aliphatic heterocycles. The van der Waals surface area contributed by atoms with Crippen LogP contribution in [0.4, 0.5) is 0 Å². The fourth-order valence-electron chi connectivity index (χ4n) is 3.53. The number of aliphatic hydroxyl groups excluding tert-OH is 1. The summed E-state index contributed by atoms with van der Waals surface area (Å²) in [7, 11) is 0. The summed E-state index contributed by atoms with van der Waals surface area (Å²) in [6, 6.07) is 19.0. The topological polar surface area (TPSA) is 55.8 Å². The number of esters is 1. The third-order valence-electron chi connectivity index (χ3n) is 5.06. The van der Waals surface area contributed by atoms with E-state index >= 15 is 0 Å². The van der Waals surface area contributed by atoms with Gasteiger partial charge in [0.2, 0.25) is 0 Å². The molecule has 0 radical (unpaired) electrons. The van der Waals surface area contributed by atoms with Crippen LogP contribution in [0, 0.1) is 0 Å². The van der Waals surface area contributed by atoms with Crippen LogP contribution in [0.2, 0.25) is 0 Å². The predicted molar refractivity (Wildman–Crippen MR) is 121 cm³/mol. The van der Waals surface area contributed by atoms with Crippen molar-refractivity contribution in [2.45, 2.75) is 26.2 Å². The fraction of sp³-hybridized carbons (Fsp3) is 0.269. The van der Waals surface area contributed by atoms with E-state index in [9.17, 15) is 4.79 Å². The molecule has 0 fully saturated rings. The first-order valence-corrected chi connectivity index (χ1v) is 10.3. The molecule has 4 heteroatoms. The van der Waals surface area contributed by atoms with Gasteiger partial charge in [-0.25, -0.2) is 4.79 Å². The Labute approximate surface area is 177 Å². The molecule has 0 saturated carbocycles. The van der Waals surface area contributed by atoms with Gasteiger partial charge in [0.15, 0.2) is 0 Å². The van der Waals surface area contributed by atoms with Crippen molar-refractivity contribution in [2.24, 2.45) is 0 Å². The smallest absolute Gasteiger partial charge is 0.330 e. The van der Waals surface area contributed by atoms with E-state index < -0.39 is 5.97 Å². The Hall–Kier alpha value is -3.11. The molecular formula is C26H28O4. The van der Waals surface area contributed by atoms with E-state index in [0.717, 1.165) is 41.4 Å². The first-order chi connectivity index (χ1) is 14.7. The first-order valence-electron chi connectivity index (χ1n) is 10.3. The summed E-state index contributed by atoms with van der Waals surface area (Å²) in [4.78, 5) is 11.3. The van der Waals surface area contributed by atoms with Crippen LogP contribution < -0.4 is 4.74 Å². The minimum atomic E-state index is -0.460. The quantitative estimate of drug-likeness (QED) is 0.290. The van der Waals surface area contributed by atoms with Crippen molar-refractivity contribution in [1.29, 1.82) is 0 Å². The highest BCUT2D eigenvalue weighted by atomic mass is 16.6. The standard InChI is InChI=1S/C26H28O4/c1-3-20-17-21-9-5-6-10-22(21)18-24(20)23-12-11-19(8-7-13-27)16-25(23)29-14-15-30-26(28)4-2/h4-6,9-12,16-18,27H,2-3,7-8,13-15H2,1H3. The molecule has 156 valence electrons. The lowest BCUT2D eigenvalue weighted by Crippen LogP contribution is -2.11. The van der Waals surface area contributed by atoms with Crippen molar-refractivity contribution >= 4 is 16.7 Å². The number of carbonyl (C=O) groups excluding carboxylic acids is 1. The summed E-state index contributed by atoms with van der Waals surface area (Å²) in [5.41, 5.74) is 4.51. The molecule has 3 rings (SSSR count). The van der Waals surface area contributed by atoms with Gasteiger partial charge in [0, 0.05) is 18.2 Å². The van der Waals surface area contributed by atoms with Gasteiger partial charge in [-0.05, 0) is 58.9 Å². The number of hydrogen-bond donors (Lipinski definition) is 1. The largest absolute Gasteiger partial charge is 0.489 e. The average molecular weight is 405 g/mol. The second kappa shape index (κ2) is 10.6. The second-order valence-electron chi connectivity index (χ2n) is 7.09. The maximum absolute atomic E-state index is 11.3. The number of carbonyl (C=O) groups is 1. The molecule has 0 aliphatic carbocycles. The highest BCUT2D eigenvalue weighted by molar-refractivity contribution is 5.90. The van der Waals surface area contributed by atoms with Crippen molar-refractivity contribution in [3.63, 3.8) is 0 Å². The molecule has 3 aromatic carbocycles. The average Bonchev–Trinajstić information content (AvgIpc) is 2.79. The van der Waals surface area contributed by atoms with Crippen LogP contribution >= 0.6 is 0 Å². The summed E-state index contributed by atoms with van der Waals surface area (Å²) in [6.07, 6.45) is 3.52. The molecule has 4 nitrogen and oxygen atoms in total. The van der Waals surface area contributed by atoms with Gasteiger partial charge in [-0.1, -0.05) is 56.0 Å². The van der Waals surface area contributed by atoms with E-state index in [-0.39, 0.29) is 19.8 Å². The van der Waals surface area contributed by atoms with Crippen LogP contribution in [-0.2, 0) is 22.4 Å². The van der Waals surface area contributed by atoms with E-state index in [1.807, 2.05) is 12.1 Å². The Bertz CT molecular complexity index is 1020. The number of benzene rings is 3. The lowest BCUT2D eigenvalue weighted by atomic mass is 9.92. The van der Waals surface area contributed by atoms with Gasteiger partial charge in [-0.15, -0.1) is 0 Å². The van der Waals surface area contributed by atoms with E-state index in [4.69, 9.17) is 14.6 Å². The maximum Gasteiger partial charge on any atom is 0.330 e. The zero-order valence-electron chi connectivity index (χ0n) is 17.4. The monoisotopic (exact) mass is 404 g/mol. The second-order valence-corrected chi connectivity index (χ2v) is 7.09. The van der Waals surface area contributed by atoms with Gasteiger partial charge in [0.1, 0.15) is 19.0 Å². The zero-order valence-corrected chi connectivity index (χ0v) is 17.4. The number of ether oxygens (including phenoxy) is 2. The van der Waals surface area contributed by atoms with Crippen molar-refractivity contribution < 1.29 is 19.4 Å². The molecule has 0 unspecified atom stereocenters. The van der Waals surface area contributed by atoms with Gasteiger partial charge in [-0.2, -0.15) is 0 Å². The van der Waals surface area contributed by atoms with Gasteiger partial charge < -0.3 is 14.6 Å². The molecule has 0 aliphatic rings. The minimum Gasteiger partial charge on any atom is -0.489 e. The number of aryl methyl sites for hydroxylation is 2. The van der Waals surface area contributed by atoms with Crippen LogP contribution in [-0.4, -0.2) is 30.9 Å². The Kier molecular flexibility index (Phi) is 7.63. The molecule has 0 saturated heterocycles. The van der Waals surface area contributed by atoms with Gasteiger partial charge in [0.05, 0.1) is 0 Å². The third kappa shape index (κ3) is 5.28. The first kappa shape index (κ1) is 21.6. The molecular weight excluding hydrogens is 376 g/mol. The Morgan fingerprint density at radius 3 is 2.50 bits per heavy atom. The summed E-state index contributed by atoms with van der Waals surface area (Å²) >= 11 is 0. The Morgan fingerprint density at radius 1 is 1.03 bits per heavy atom. The molecule has 0 spiro atoms. The van der Waals surface area contributed by atoms with Crippen LogP contribution in [0.1, 0.15) is 24.5 Å². The number of rotatable bonds is 10. The van der Waals surface area contributed by atoms with Crippen molar-refractivity contribution in [3.05, 3.63) is 78.4 Å². The SMILES string of the molecule is C=CC(=O)OCCOc1cc(CCCO)ccc1-c1cc2ccccc2cc1CC. The highest BCUT2D eigenvalue weighted by Gasteiger charge is 2.13. The summed E-state index contributed by atoms with van der Waals surface area (Å²) in [5, 5.41) is 11.6. The molecule has 0 aromatic heterocycles. The van der Waals surface area contributed by atoms with E-state index in [1.54, 1.807) is 0 Å². The molecule has 0 amide bonds. The van der Waals surface area contributed by atoms with Gasteiger partial charge >= 0.3 is 5.97 Å². The van der Waals surface area contributed by atoms with Crippen LogP contribution in [0.3, 0.4) is 0 Å². The summed E-state index contributed by atoms with van der Waals surface area (Å²) in [5.74, 6) is 0.295. The lowest BCUT2D eigenvalue weighted by Gasteiger charge is -2.17. The van der Waals surface area contributed by atoms with Gasteiger partial charge in [-0.3, -0.25) is 0 Å².